The molecule has 0 bridgehead atoms. The Hall–Kier alpha value is -0.730. The lowest BCUT2D eigenvalue weighted by Crippen LogP contribution is -2.25. The van der Waals surface area contributed by atoms with E-state index in [2.05, 4.69) is 5.32 Å². The maximum absolute atomic E-state index is 12.0. The molecule has 2 nitrogen and oxygen atoms in total. The van der Waals surface area contributed by atoms with Crippen molar-refractivity contribution in [2.75, 3.05) is 6.54 Å². The molecule has 0 heterocycles. The first kappa shape index (κ1) is 14.7. The Kier molecular flexibility index (Phi) is 5.53. The van der Waals surface area contributed by atoms with Crippen molar-refractivity contribution in [1.29, 1.82) is 0 Å². The maximum atomic E-state index is 12.0. The Morgan fingerprint density at radius 2 is 2.00 bits per heavy atom. The van der Waals surface area contributed by atoms with E-state index in [9.17, 15) is 4.79 Å². The van der Waals surface area contributed by atoms with Crippen molar-refractivity contribution in [2.24, 2.45) is 5.92 Å². The van der Waals surface area contributed by atoms with Gasteiger partial charge in [0, 0.05) is 6.54 Å². The summed E-state index contributed by atoms with van der Waals surface area (Å²) in [5, 5.41) is 3.66. The first-order chi connectivity index (χ1) is 9.18. The Balaban J connectivity index is 1.76. The molecule has 0 unspecified atom stereocenters. The molecular weight excluding hydrogens is 281 g/mol. The van der Waals surface area contributed by atoms with Crippen molar-refractivity contribution in [1.82, 2.24) is 5.32 Å². The molecule has 19 heavy (non-hydrogen) atoms. The highest BCUT2D eigenvalue weighted by atomic mass is 35.5. The smallest absolute Gasteiger partial charge is 0.252 e. The summed E-state index contributed by atoms with van der Waals surface area (Å²) in [4.78, 5) is 12.0. The standard InChI is InChI=1S/C15H19Cl2NO/c16-13-9-3-8-12(14(13)17)15(19)18-10-4-7-11-5-1-2-6-11/h3,8-9,11H,1-2,4-7,10H2,(H,18,19). The summed E-state index contributed by atoms with van der Waals surface area (Å²) in [6.45, 7) is 0.707. The highest BCUT2D eigenvalue weighted by molar-refractivity contribution is 6.43. The van der Waals surface area contributed by atoms with E-state index >= 15 is 0 Å². The monoisotopic (exact) mass is 299 g/mol. The predicted molar refractivity (Wildman–Crippen MR) is 80.0 cm³/mol. The predicted octanol–water partition coefficient (Wildman–Crippen LogP) is 4.69. The topological polar surface area (TPSA) is 29.1 Å². The van der Waals surface area contributed by atoms with Gasteiger partial charge in [-0.2, -0.15) is 0 Å². The molecule has 1 aliphatic rings. The average Bonchev–Trinajstić information content (AvgIpc) is 2.91. The van der Waals surface area contributed by atoms with Gasteiger partial charge < -0.3 is 5.32 Å². The number of halogens is 2. The minimum atomic E-state index is -0.140. The van der Waals surface area contributed by atoms with Gasteiger partial charge in [-0.3, -0.25) is 4.79 Å². The van der Waals surface area contributed by atoms with Crippen LogP contribution in [0.15, 0.2) is 18.2 Å². The second-order valence-electron chi connectivity index (χ2n) is 5.15. The molecule has 1 N–H and O–H groups in total. The largest absolute Gasteiger partial charge is 0.352 e. The number of amides is 1. The molecule has 0 atom stereocenters. The van der Waals surface area contributed by atoms with E-state index < -0.39 is 0 Å². The van der Waals surface area contributed by atoms with Gasteiger partial charge in [0.2, 0.25) is 0 Å². The van der Waals surface area contributed by atoms with Gasteiger partial charge in [-0.05, 0) is 30.9 Å². The molecule has 0 radical (unpaired) electrons. The Morgan fingerprint density at radius 1 is 1.26 bits per heavy atom. The molecule has 0 spiro atoms. The normalized spacial score (nSPS) is 15.7. The van der Waals surface area contributed by atoms with E-state index in [1.807, 2.05) is 0 Å². The summed E-state index contributed by atoms with van der Waals surface area (Å²) in [7, 11) is 0. The Labute approximate surface area is 124 Å². The summed E-state index contributed by atoms with van der Waals surface area (Å²) >= 11 is 11.9. The second-order valence-corrected chi connectivity index (χ2v) is 5.94. The van der Waals surface area contributed by atoms with Gasteiger partial charge in [0.25, 0.3) is 5.91 Å². The fraction of sp³-hybridized carbons (Fsp3) is 0.533. The molecule has 0 saturated heterocycles. The summed E-state index contributed by atoms with van der Waals surface area (Å²) in [5.74, 6) is 0.727. The van der Waals surface area contributed by atoms with Crippen molar-refractivity contribution in [3.63, 3.8) is 0 Å². The van der Waals surface area contributed by atoms with Crippen LogP contribution in [0, 0.1) is 5.92 Å². The third-order valence-corrected chi connectivity index (χ3v) is 4.56. The van der Waals surface area contributed by atoms with Gasteiger partial charge in [0.1, 0.15) is 0 Å². The SMILES string of the molecule is O=C(NCCCC1CCCC1)c1cccc(Cl)c1Cl. The van der Waals surface area contributed by atoms with E-state index in [0.717, 1.165) is 12.3 Å². The van der Waals surface area contributed by atoms with Gasteiger partial charge >= 0.3 is 0 Å². The zero-order chi connectivity index (χ0) is 13.7. The number of benzene rings is 1. The summed E-state index contributed by atoms with van der Waals surface area (Å²) < 4.78 is 0. The third-order valence-electron chi connectivity index (χ3n) is 3.75. The molecule has 104 valence electrons. The van der Waals surface area contributed by atoms with Crippen molar-refractivity contribution < 1.29 is 4.79 Å². The van der Waals surface area contributed by atoms with Crippen LogP contribution < -0.4 is 5.32 Å². The van der Waals surface area contributed by atoms with Gasteiger partial charge in [-0.1, -0.05) is 55.0 Å². The summed E-state index contributed by atoms with van der Waals surface area (Å²) in [6.07, 6.45) is 7.70. The van der Waals surface area contributed by atoms with Crippen LogP contribution >= 0.6 is 23.2 Å². The zero-order valence-electron chi connectivity index (χ0n) is 10.9. The van der Waals surface area contributed by atoms with Crippen LogP contribution in [-0.2, 0) is 0 Å². The fourth-order valence-electron chi connectivity index (χ4n) is 2.67. The Bertz CT molecular complexity index is 442. The molecule has 1 aromatic rings. The molecule has 1 aromatic carbocycles. The second kappa shape index (κ2) is 7.16. The van der Waals surface area contributed by atoms with Crippen LogP contribution in [0.3, 0.4) is 0 Å². The van der Waals surface area contributed by atoms with Crippen LogP contribution in [0.4, 0.5) is 0 Å². The minimum Gasteiger partial charge on any atom is -0.352 e. The van der Waals surface area contributed by atoms with Crippen LogP contribution in [0.1, 0.15) is 48.9 Å². The fourth-order valence-corrected chi connectivity index (χ4v) is 3.05. The van der Waals surface area contributed by atoms with Gasteiger partial charge in [0.05, 0.1) is 15.6 Å². The van der Waals surface area contributed by atoms with Crippen LogP contribution in [0.25, 0.3) is 0 Å². The van der Waals surface area contributed by atoms with E-state index in [0.29, 0.717) is 22.2 Å². The summed E-state index contributed by atoms with van der Waals surface area (Å²) in [5.41, 5.74) is 0.454. The molecule has 0 aromatic heterocycles. The number of nitrogens with one attached hydrogen (secondary N) is 1. The van der Waals surface area contributed by atoms with E-state index in [1.54, 1.807) is 18.2 Å². The lowest BCUT2D eigenvalue weighted by atomic mass is 10.0. The van der Waals surface area contributed by atoms with Crippen molar-refractivity contribution in [3.8, 4) is 0 Å². The Morgan fingerprint density at radius 3 is 2.74 bits per heavy atom. The highest BCUT2D eigenvalue weighted by Gasteiger charge is 2.15. The highest BCUT2D eigenvalue weighted by Crippen LogP contribution is 2.28. The van der Waals surface area contributed by atoms with Crippen LogP contribution in [0.2, 0.25) is 10.0 Å². The van der Waals surface area contributed by atoms with Gasteiger partial charge in [0.15, 0.2) is 0 Å². The molecule has 1 saturated carbocycles. The lowest BCUT2D eigenvalue weighted by molar-refractivity contribution is 0.0952. The van der Waals surface area contributed by atoms with E-state index in [4.69, 9.17) is 23.2 Å². The molecule has 0 aliphatic heterocycles. The molecule has 2 rings (SSSR count). The first-order valence-corrected chi connectivity index (χ1v) is 7.66. The minimum absolute atomic E-state index is 0.140. The first-order valence-electron chi connectivity index (χ1n) is 6.90. The molecular formula is C15H19Cl2NO. The number of rotatable bonds is 5. The summed E-state index contributed by atoms with van der Waals surface area (Å²) in [6, 6.07) is 5.11. The van der Waals surface area contributed by atoms with Crippen LogP contribution in [0.5, 0.6) is 0 Å². The van der Waals surface area contributed by atoms with E-state index in [-0.39, 0.29) is 5.91 Å². The van der Waals surface area contributed by atoms with Crippen molar-refractivity contribution >= 4 is 29.1 Å². The van der Waals surface area contributed by atoms with Gasteiger partial charge in [-0.15, -0.1) is 0 Å². The zero-order valence-corrected chi connectivity index (χ0v) is 12.4. The number of carbonyl (C=O) groups is 1. The van der Waals surface area contributed by atoms with Crippen LogP contribution in [-0.4, -0.2) is 12.5 Å². The van der Waals surface area contributed by atoms with E-state index in [1.165, 1.54) is 32.1 Å². The molecule has 1 aliphatic carbocycles. The average molecular weight is 300 g/mol. The molecule has 4 heteroatoms. The van der Waals surface area contributed by atoms with Crippen molar-refractivity contribution in [3.05, 3.63) is 33.8 Å². The maximum Gasteiger partial charge on any atom is 0.252 e. The van der Waals surface area contributed by atoms with Crippen molar-refractivity contribution in [2.45, 2.75) is 38.5 Å². The third kappa shape index (κ3) is 4.12. The molecule has 1 amide bonds. The number of hydrogen-bond donors (Lipinski definition) is 1. The molecule has 1 fully saturated rings. The lowest BCUT2D eigenvalue weighted by Gasteiger charge is -2.10. The van der Waals surface area contributed by atoms with Gasteiger partial charge in [-0.25, -0.2) is 0 Å². The quantitative estimate of drug-likeness (QED) is 0.785. The number of carbonyl (C=O) groups excluding carboxylic acids is 1. The number of hydrogen-bond acceptors (Lipinski definition) is 1.